The van der Waals surface area contributed by atoms with Crippen molar-refractivity contribution in [3.05, 3.63) is 99.8 Å². The van der Waals surface area contributed by atoms with E-state index < -0.39 is 0 Å². The highest BCUT2D eigenvalue weighted by Crippen LogP contribution is 2.52. The highest BCUT2D eigenvalue weighted by Gasteiger charge is 2.46. The average Bonchev–Trinajstić information content (AvgIpc) is 3.21. The topological polar surface area (TPSA) is 28.7 Å². The number of halogens is 1. The molecule has 1 aliphatic rings. The number of fused-ring (bicyclic) bond motifs is 2. The lowest BCUT2D eigenvalue weighted by atomic mass is 9.73. The third-order valence-electron chi connectivity index (χ3n) is 5.68. The Bertz CT molecular complexity index is 1070. The van der Waals surface area contributed by atoms with Gasteiger partial charge in [0.1, 0.15) is 5.82 Å². The molecule has 1 aromatic heterocycles. The van der Waals surface area contributed by atoms with E-state index in [1.807, 2.05) is 6.07 Å². The second-order valence-corrected chi connectivity index (χ2v) is 8.30. The SMILES string of the molecule is C[C@]1(c2nc3ccccc3[nH]2)Cc2ccc(Br)cc2[C@H]1c1ccccc1. The summed E-state index contributed by atoms with van der Waals surface area (Å²) >= 11 is 3.66. The predicted octanol–water partition coefficient (Wildman–Crippen LogP) is 5.97. The van der Waals surface area contributed by atoms with Gasteiger partial charge in [0.2, 0.25) is 0 Å². The van der Waals surface area contributed by atoms with Gasteiger partial charge in [-0.1, -0.05) is 71.4 Å². The monoisotopic (exact) mass is 402 g/mol. The van der Waals surface area contributed by atoms with Crippen LogP contribution in [0.15, 0.2) is 77.3 Å². The molecule has 2 nitrogen and oxygen atoms in total. The Labute approximate surface area is 161 Å². The molecule has 0 radical (unpaired) electrons. The quantitative estimate of drug-likeness (QED) is 0.439. The fourth-order valence-corrected chi connectivity index (χ4v) is 4.85. The molecule has 1 N–H and O–H groups in total. The summed E-state index contributed by atoms with van der Waals surface area (Å²) in [5, 5.41) is 0. The highest BCUT2D eigenvalue weighted by molar-refractivity contribution is 9.10. The number of rotatable bonds is 2. The highest BCUT2D eigenvalue weighted by atomic mass is 79.9. The molecule has 0 saturated heterocycles. The van der Waals surface area contributed by atoms with Gasteiger partial charge in [0, 0.05) is 15.8 Å². The van der Waals surface area contributed by atoms with Crippen molar-refractivity contribution in [2.24, 2.45) is 0 Å². The van der Waals surface area contributed by atoms with Gasteiger partial charge in [-0.2, -0.15) is 0 Å². The van der Waals surface area contributed by atoms with Crippen molar-refractivity contribution in [3.63, 3.8) is 0 Å². The van der Waals surface area contributed by atoms with Crippen molar-refractivity contribution >= 4 is 27.0 Å². The zero-order valence-electron chi connectivity index (χ0n) is 14.5. The molecule has 0 amide bonds. The molecule has 4 aromatic rings. The number of hydrogen-bond donors (Lipinski definition) is 1. The summed E-state index contributed by atoms with van der Waals surface area (Å²) in [6.07, 6.45) is 0.981. The van der Waals surface area contributed by atoms with Crippen molar-refractivity contribution in [2.75, 3.05) is 0 Å². The Morgan fingerprint density at radius 3 is 2.58 bits per heavy atom. The lowest BCUT2D eigenvalue weighted by molar-refractivity contribution is 0.426. The summed E-state index contributed by atoms with van der Waals surface area (Å²) in [7, 11) is 0. The molecule has 3 aromatic carbocycles. The van der Waals surface area contributed by atoms with E-state index >= 15 is 0 Å². The van der Waals surface area contributed by atoms with Crippen LogP contribution in [-0.4, -0.2) is 9.97 Å². The fraction of sp³-hybridized carbons (Fsp3) is 0.174. The molecule has 1 aliphatic carbocycles. The number of aromatic nitrogens is 2. The summed E-state index contributed by atoms with van der Waals surface area (Å²) in [4.78, 5) is 8.58. The van der Waals surface area contributed by atoms with E-state index in [4.69, 9.17) is 4.98 Å². The standard InChI is InChI=1S/C23H19BrN2/c1-23(22-25-19-9-5-6-10-20(19)26-22)14-16-11-12-17(24)13-18(16)21(23)15-7-3-2-4-8-15/h2-13,21H,14H2,1H3,(H,25,26)/t21-,23+/m1/s1. The molecule has 0 aliphatic heterocycles. The number of nitrogens with zero attached hydrogens (tertiary/aromatic N) is 1. The van der Waals surface area contributed by atoms with Crippen LogP contribution < -0.4 is 0 Å². The van der Waals surface area contributed by atoms with Crippen molar-refractivity contribution < 1.29 is 0 Å². The first-order valence-electron chi connectivity index (χ1n) is 8.94. The van der Waals surface area contributed by atoms with E-state index in [1.165, 1.54) is 16.7 Å². The number of nitrogens with one attached hydrogen (secondary N) is 1. The first-order chi connectivity index (χ1) is 12.6. The molecular weight excluding hydrogens is 384 g/mol. The molecule has 0 unspecified atom stereocenters. The molecule has 5 rings (SSSR count). The molecule has 26 heavy (non-hydrogen) atoms. The first kappa shape index (κ1) is 15.8. The van der Waals surface area contributed by atoms with Gasteiger partial charge in [0.25, 0.3) is 0 Å². The Hall–Kier alpha value is -2.39. The fourth-order valence-electron chi connectivity index (χ4n) is 4.47. The number of aromatic amines is 1. The number of hydrogen-bond acceptors (Lipinski definition) is 1. The smallest absolute Gasteiger partial charge is 0.114 e. The van der Waals surface area contributed by atoms with Gasteiger partial charge in [0.15, 0.2) is 0 Å². The van der Waals surface area contributed by atoms with Crippen LogP contribution in [0.4, 0.5) is 0 Å². The van der Waals surface area contributed by atoms with E-state index in [9.17, 15) is 0 Å². The van der Waals surface area contributed by atoms with E-state index in [0.717, 1.165) is 27.8 Å². The summed E-state index contributed by atoms with van der Waals surface area (Å²) in [5.74, 6) is 1.34. The molecule has 0 fully saturated rings. The molecule has 128 valence electrons. The summed E-state index contributed by atoms with van der Waals surface area (Å²) in [6.45, 7) is 2.34. The second-order valence-electron chi connectivity index (χ2n) is 7.38. The zero-order valence-corrected chi connectivity index (χ0v) is 16.1. The lowest BCUT2D eigenvalue weighted by Gasteiger charge is -2.30. The maximum atomic E-state index is 4.98. The van der Waals surface area contributed by atoms with Gasteiger partial charge in [-0.25, -0.2) is 4.98 Å². The van der Waals surface area contributed by atoms with Gasteiger partial charge in [-0.3, -0.25) is 0 Å². The van der Waals surface area contributed by atoms with Gasteiger partial charge >= 0.3 is 0 Å². The predicted molar refractivity (Wildman–Crippen MR) is 110 cm³/mol. The van der Waals surface area contributed by atoms with Gasteiger partial charge in [-0.15, -0.1) is 0 Å². The molecular formula is C23H19BrN2. The van der Waals surface area contributed by atoms with Gasteiger partial charge in [0.05, 0.1) is 11.0 Å². The van der Waals surface area contributed by atoms with Crippen molar-refractivity contribution in [3.8, 4) is 0 Å². The van der Waals surface area contributed by atoms with E-state index in [-0.39, 0.29) is 11.3 Å². The molecule has 0 saturated carbocycles. The largest absolute Gasteiger partial charge is 0.341 e. The number of benzene rings is 3. The van der Waals surface area contributed by atoms with Gasteiger partial charge < -0.3 is 4.98 Å². The number of H-pyrrole nitrogens is 1. The average molecular weight is 403 g/mol. The molecule has 3 heteroatoms. The van der Waals surface area contributed by atoms with Crippen LogP contribution >= 0.6 is 15.9 Å². The van der Waals surface area contributed by atoms with Crippen LogP contribution in [0.5, 0.6) is 0 Å². The molecule has 0 spiro atoms. The van der Waals surface area contributed by atoms with E-state index in [2.05, 4.69) is 94.6 Å². The van der Waals surface area contributed by atoms with Crippen molar-refractivity contribution in [1.82, 2.24) is 9.97 Å². The van der Waals surface area contributed by atoms with Crippen LogP contribution in [0.2, 0.25) is 0 Å². The van der Waals surface area contributed by atoms with Crippen LogP contribution in [0.25, 0.3) is 11.0 Å². The minimum absolute atomic E-state index is 0.108. The Morgan fingerprint density at radius 1 is 1.00 bits per heavy atom. The summed E-state index contributed by atoms with van der Waals surface area (Å²) < 4.78 is 1.13. The van der Waals surface area contributed by atoms with E-state index in [1.54, 1.807) is 0 Å². The number of imidazole rings is 1. The minimum Gasteiger partial charge on any atom is -0.341 e. The summed E-state index contributed by atoms with van der Waals surface area (Å²) in [6, 6.07) is 25.8. The van der Waals surface area contributed by atoms with Crippen molar-refractivity contribution in [2.45, 2.75) is 24.7 Å². The molecule has 0 bridgehead atoms. The maximum absolute atomic E-state index is 4.98. The molecule has 1 heterocycles. The van der Waals surface area contributed by atoms with Gasteiger partial charge in [-0.05, 0) is 47.4 Å². The van der Waals surface area contributed by atoms with Crippen LogP contribution in [0.3, 0.4) is 0 Å². The summed E-state index contributed by atoms with van der Waals surface area (Å²) in [5.41, 5.74) is 6.18. The lowest BCUT2D eigenvalue weighted by Crippen LogP contribution is -2.29. The third kappa shape index (κ3) is 2.34. The second kappa shape index (κ2) is 5.82. The normalized spacial score (nSPS) is 21.8. The minimum atomic E-state index is -0.108. The van der Waals surface area contributed by atoms with Crippen molar-refractivity contribution in [1.29, 1.82) is 0 Å². The zero-order chi connectivity index (χ0) is 17.7. The third-order valence-corrected chi connectivity index (χ3v) is 6.17. The van der Waals surface area contributed by atoms with Crippen LogP contribution in [-0.2, 0) is 11.8 Å². The number of para-hydroxylation sites is 2. The van der Waals surface area contributed by atoms with Crippen LogP contribution in [0.1, 0.15) is 35.4 Å². The Kier molecular flexibility index (Phi) is 3.54. The Balaban J connectivity index is 1.74. The maximum Gasteiger partial charge on any atom is 0.114 e. The molecule has 2 atom stereocenters. The van der Waals surface area contributed by atoms with E-state index in [0.29, 0.717) is 0 Å². The Morgan fingerprint density at radius 2 is 1.77 bits per heavy atom. The van der Waals surface area contributed by atoms with Crippen LogP contribution in [0, 0.1) is 0 Å². The first-order valence-corrected chi connectivity index (χ1v) is 9.73.